The minimum Gasteiger partial charge on any atom is -0.435 e. The molecule has 0 aromatic heterocycles. The van der Waals surface area contributed by atoms with Crippen LogP contribution in [0.4, 0.5) is 8.78 Å². The minimum absolute atomic E-state index is 0.0140. The van der Waals surface area contributed by atoms with E-state index in [1.165, 1.54) is 28.6 Å². The van der Waals surface area contributed by atoms with Crippen LogP contribution in [-0.2, 0) is 10.2 Å². The van der Waals surface area contributed by atoms with E-state index in [1.54, 1.807) is 9.21 Å². The van der Waals surface area contributed by atoms with Crippen LogP contribution in [0.5, 0.6) is 5.75 Å². The Morgan fingerprint density at radius 2 is 1.39 bits per heavy atom. The van der Waals surface area contributed by atoms with Crippen molar-refractivity contribution in [3.8, 4) is 5.75 Å². The summed E-state index contributed by atoms with van der Waals surface area (Å²) in [7, 11) is -3.50. The van der Waals surface area contributed by atoms with Crippen LogP contribution in [-0.4, -0.2) is 73.7 Å². The Balaban J connectivity index is 1.57. The smallest absolute Gasteiger partial charge is 0.387 e. The van der Waals surface area contributed by atoms with Gasteiger partial charge in [-0.25, -0.2) is 0 Å². The van der Waals surface area contributed by atoms with Gasteiger partial charge >= 0.3 is 6.61 Å². The lowest BCUT2D eigenvalue weighted by atomic mass is 10.2. The molecule has 2 aliphatic rings. The summed E-state index contributed by atoms with van der Waals surface area (Å²) in [5.41, 5.74) is 0.352. The number of alkyl halides is 2. The summed E-state index contributed by atoms with van der Waals surface area (Å²) in [5, 5.41) is 0. The molecular formula is C18H25F2N3O4S. The Bertz CT molecular complexity index is 758. The van der Waals surface area contributed by atoms with E-state index < -0.39 is 16.8 Å². The second-order valence-electron chi connectivity index (χ2n) is 6.92. The zero-order valence-corrected chi connectivity index (χ0v) is 16.4. The van der Waals surface area contributed by atoms with Crippen molar-refractivity contribution < 1.29 is 26.7 Å². The zero-order chi connectivity index (χ0) is 20.1. The topological polar surface area (TPSA) is 70.2 Å². The third-order valence-electron chi connectivity index (χ3n) is 5.07. The maximum Gasteiger partial charge on any atom is 0.387 e. The number of nitrogens with zero attached hydrogens (tertiary/aromatic N) is 3. The molecule has 1 amide bonds. The van der Waals surface area contributed by atoms with Gasteiger partial charge in [0.2, 0.25) is 0 Å². The summed E-state index contributed by atoms with van der Waals surface area (Å²) < 4.78 is 57.4. The molecule has 2 aliphatic heterocycles. The molecule has 0 atom stereocenters. The van der Waals surface area contributed by atoms with Crippen molar-refractivity contribution in [1.82, 2.24) is 13.5 Å². The van der Waals surface area contributed by atoms with Gasteiger partial charge in [0.25, 0.3) is 16.1 Å². The molecule has 0 saturated carbocycles. The molecule has 3 rings (SSSR count). The average Bonchev–Trinajstić information content (AvgIpc) is 2.98. The molecule has 0 aliphatic carbocycles. The van der Waals surface area contributed by atoms with E-state index >= 15 is 0 Å². The van der Waals surface area contributed by atoms with E-state index in [4.69, 9.17) is 0 Å². The highest BCUT2D eigenvalue weighted by atomic mass is 32.2. The number of rotatable bonds is 5. The van der Waals surface area contributed by atoms with Crippen LogP contribution in [0.15, 0.2) is 24.3 Å². The molecular weight excluding hydrogens is 392 g/mol. The first-order valence-electron chi connectivity index (χ1n) is 9.47. The van der Waals surface area contributed by atoms with E-state index in [2.05, 4.69) is 4.74 Å². The first-order chi connectivity index (χ1) is 13.4. The van der Waals surface area contributed by atoms with Crippen LogP contribution in [0.25, 0.3) is 0 Å². The SMILES string of the molecule is O=C(c1ccc(OC(F)F)cc1)N1CCN(S(=O)(=O)N2CCCCCC2)CC1. The molecule has 2 fully saturated rings. The Hall–Kier alpha value is -1.78. The third-order valence-corrected chi connectivity index (χ3v) is 7.11. The summed E-state index contributed by atoms with van der Waals surface area (Å²) >= 11 is 0. The van der Waals surface area contributed by atoms with Crippen LogP contribution in [0, 0.1) is 0 Å². The van der Waals surface area contributed by atoms with Crippen molar-refractivity contribution >= 4 is 16.1 Å². The Labute approximate surface area is 164 Å². The summed E-state index contributed by atoms with van der Waals surface area (Å²) in [6.45, 7) is -0.736. The molecule has 0 bridgehead atoms. The minimum atomic E-state index is -3.50. The van der Waals surface area contributed by atoms with Crippen molar-refractivity contribution in [3.63, 3.8) is 0 Å². The predicted molar refractivity (Wildman–Crippen MR) is 99.5 cm³/mol. The highest BCUT2D eigenvalue weighted by Crippen LogP contribution is 2.20. The van der Waals surface area contributed by atoms with Gasteiger partial charge in [0, 0.05) is 44.8 Å². The Morgan fingerprint density at radius 1 is 0.857 bits per heavy atom. The monoisotopic (exact) mass is 417 g/mol. The summed E-state index contributed by atoms with van der Waals surface area (Å²) in [4.78, 5) is 14.2. The number of hydrogen-bond donors (Lipinski definition) is 0. The maximum absolute atomic E-state index is 12.8. The number of piperazine rings is 1. The zero-order valence-electron chi connectivity index (χ0n) is 15.6. The number of carbonyl (C=O) groups is 1. The third kappa shape index (κ3) is 4.98. The van der Waals surface area contributed by atoms with E-state index in [-0.39, 0.29) is 24.7 Å². The molecule has 156 valence electrons. The number of benzene rings is 1. The van der Waals surface area contributed by atoms with Gasteiger partial charge in [-0.05, 0) is 37.1 Å². The van der Waals surface area contributed by atoms with E-state index in [0.717, 1.165) is 25.7 Å². The van der Waals surface area contributed by atoms with Crippen LogP contribution in [0.1, 0.15) is 36.0 Å². The highest BCUT2D eigenvalue weighted by molar-refractivity contribution is 7.86. The van der Waals surface area contributed by atoms with Gasteiger partial charge in [-0.2, -0.15) is 25.8 Å². The Morgan fingerprint density at radius 3 is 1.93 bits per heavy atom. The van der Waals surface area contributed by atoms with Crippen molar-refractivity contribution in [2.45, 2.75) is 32.3 Å². The van der Waals surface area contributed by atoms with Crippen molar-refractivity contribution in [1.29, 1.82) is 0 Å². The fourth-order valence-corrected chi connectivity index (χ4v) is 5.19. The van der Waals surface area contributed by atoms with E-state index in [0.29, 0.717) is 31.7 Å². The molecule has 0 N–H and O–H groups in total. The van der Waals surface area contributed by atoms with E-state index in [9.17, 15) is 22.0 Å². The second kappa shape index (κ2) is 9.15. The van der Waals surface area contributed by atoms with Gasteiger partial charge < -0.3 is 9.64 Å². The summed E-state index contributed by atoms with van der Waals surface area (Å²) in [6, 6.07) is 5.50. The molecule has 28 heavy (non-hydrogen) atoms. The van der Waals surface area contributed by atoms with Crippen molar-refractivity contribution in [2.75, 3.05) is 39.3 Å². The maximum atomic E-state index is 12.8. The molecule has 2 heterocycles. The molecule has 0 spiro atoms. The van der Waals surface area contributed by atoms with Crippen LogP contribution < -0.4 is 4.74 Å². The van der Waals surface area contributed by atoms with Gasteiger partial charge in [-0.1, -0.05) is 12.8 Å². The lowest BCUT2D eigenvalue weighted by Crippen LogP contribution is -2.54. The largest absolute Gasteiger partial charge is 0.435 e. The first-order valence-corrected chi connectivity index (χ1v) is 10.9. The summed E-state index contributed by atoms with van der Waals surface area (Å²) in [5.74, 6) is -0.268. The fraction of sp³-hybridized carbons (Fsp3) is 0.611. The van der Waals surface area contributed by atoms with Crippen LogP contribution in [0.3, 0.4) is 0 Å². The quantitative estimate of drug-likeness (QED) is 0.736. The van der Waals surface area contributed by atoms with Crippen LogP contribution in [0.2, 0.25) is 0 Å². The molecule has 0 unspecified atom stereocenters. The predicted octanol–water partition coefficient (Wildman–Crippen LogP) is 2.17. The average molecular weight is 417 g/mol. The number of carbonyl (C=O) groups excluding carboxylic acids is 1. The highest BCUT2D eigenvalue weighted by Gasteiger charge is 2.33. The molecule has 0 radical (unpaired) electrons. The number of halogens is 2. The lowest BCUT2D eigenvalue weighted by Gasteiger charge is -2.36. The van der Waals surface area contributed by atoms with Gasteiger partial charge in [-0.15, -0.1) is 0 Å². The van der Waals surface area contributed by atoms with Crippen molar-refractivity contribution in [3.05, 3.63) is 29.8 Å². The van der Waals surface area contributed by atoms with Gasteiger partial charge in [0.15, 0.2) is 0 Å². The number of amides is 1. The Kier molecular flexibility index (Phi) is 6.84. The van der Waals surface area contributed by atoms with Gasteiger partial charge in [-0.3, -0.25) is 4.79 Å². The van der Waals surface area contributed by atoms with Gasteiger partial charge in [0.05, 0.1) is 0 Å². The normalized spacial score (nSPS) is 20.2. The van der Waals surface area contributed by atoms with Crippen LogP contribution >= 0.6 is 0 Å². The molecule has 7 nitrogen and oxygen atoms in total. The first kappa shape index (κ1) is 20.9. The molecule has 1 aromatic rings. The number of hydrogen-bond acceptors (Lipinski definition) is 4. The molecule has 2 saturated heterocycles. The number of ether oxygens (including phenoxy) is 1. The van der Waals surface area contributed by atoms with Crippen molar-refractivity contribution in [2.24, 2.45) is 0 Å². The summed E-state index contributed by atoms with van der Waals surface area (Å²) in [6.07, 6.45) is 3.86. The van der Waals surface area contributed by atoms with E-state index in [1.807, 2.05) is 0 Å². The molecule has 1 aromatic carbocycles. The fourth-order valence-electron chi connectivity index (χ4n) is 3.52. The lowest BCUT2D eigenvalue weighted by molar-refractivity contribution is -0.0498. The standard InChI is InChI=1S/C18H25F2N3O4S/c19-18(20)27-16-7-5-15(6-8-16)17(24)21-11-13-23(14-12-21)28(25,26)22-9-3-1-2-4-10-22/h5-8,18H,1-4,9-14H2. The molecule has 10 heteroatoms. The van der Waals surface area contributed by atoms with Gasteiger partial charge in [0.1, 0.15) is 5.75 Å². The second-order valence-corrected chi connectivity index (χ2v) is 8.84.